The van der Waals surface area contributed by atoms with Crippen LogP contribution in [0, 0.1) is 0 Å². The summed E-state index contributed by atoms with van der Waals surface area (Å²) in [6.07, 6.45) is 4.01. The summed E-state index contributed by atoms with van der Waals surface area (Å²) >= 11 is 3.57. The first kappa shape index (κ1) is 12.9. The van der Waals surface area contributed by atoms with E-state index in [1.807, 2.05) is 0 Å². The highest BCUT2D eigenvalue weighted by Gasteiger charge is 2.13. The zero-order chi connectivity index (χ0) is 12.1. The van der Waals surface area contributed by atoms with Gasteiger partial charge in [0.25, 0.3) is 0 Å². The van der Waals surface area contributed by atoms with E-state index in [-0.39, 0.29) is 0 Å². The maximum Gasteiger partial charge on any atom is 0.336 e. The molecule has 2 heterocycles. The minimum Gasteiger partial charge on any atom is -0.478 e. The van der Waals surface area contributed by atoms with Gasteiger partial charge in [-0.2, -0.15) is 11.8 Å². The fourth-order valence-electron chi connectivity index (χ4n) is 1.91. The summed E-state index contributed by atoms with van der Waals surface area (Å²) in [5, 5.41) is 14.7. The van der Waals surface area contributed by atoms with E-state index in [1.165, 1.54) is 36.4 Å². The van der Waals surface area contributed by atoms with Crippen LogP contribution in [0.25, 0.3) is 0 Å². The number of thioether (sulfide) groups is 1. The van der Waals surface area contributed by atoms with Gasteiger partial charge in [0, 0.05) is 28.6 Å². The van der Waals surface area contributed by atoms with Crippen molar-refractivity contribution in [3.8, 4) is 0 Å². The van der Waals surface area contributed by atoms with E-state index >= 15 is 0 Å². The van der Waals surface area contributed by atoms with Crippen LogP contribution in [0.2, 0.25) is 0 Å². The second-order valence-electron chi connectivity index (χ2n) is 4.23. The van der Waals surface area contributed by atoms with E-state index in [4.69, 9.17) is 5.11 Å². The number of hydrogen-bond donors (Lipinski definition) is 2. The largest absolute Gasteiger partial charge is 0.478 e. The van der Waals surface area contributed by atoms with Gasteiger partial charge >= 0.3 is 5.97 Å². The van der Waals surface area contributed by atoms with Crippen molar-refractivity contribution in [3.63, 3.8) is 0 Å². The molecule has 0 saturated carbocycles. The quantitative estimate of drug-likeness (QED) is 0.864. The minimum absolute atomic E-state index is 0.402. The van der Waals surface area contributed by atoms with E-state index in [2.05, 4.69) is 17.1 Å². The third-order valence-corrected chi connectivity index (χ3v) is 5.18. The summed E-state index contributed by atoms with van der Waals surface area (Å²) in [6.45, 7) is 1.82. The van der Waals surface area contributed by atoms with Crippen molar-refractivity contribution in [1.29, 1.82) is 0 Å². The van der Waals surface area contributed by atoms with Gasteiger partial charge in [-0.05, 0) is 24.7 Å². The average molecular weight is 271 g/mol. The molecule has 1 unspecified atom stereocenters. The van der Waals surface area contributed by atoms with Gasteiger partial charge in [-0.3, -0.25) is 0 Å². The smallest absolute Gasteiger partial charge is 0.336 e. The van der Waals surface area contributed by atoms with Crippen LogP contribution in [-0.4, -0.2) is 28.6 Å². The number of carboxylic acid groups (broad SMARTS) is 1. The highest BCUT2D eigenvalue weighted by molar-refractivity contribution is 7.99. The molecule has 5 heteroatoms. The zero-order valence-corrected chi connectivity index (χ0v) is 11.3. The summed E-state index contributed by atoms with van der Waals surface area (Å²) in [4.78, 5) is 11.8. The van der Waals surface area contributed by atoms with E-state index in [1.54, 1.807) is 11.4 Å². The van der Waals surface area contributed by atoms with Gasteiger partial charge in [0.2, 0.25) is 0 Å². The molecular formula is C12H17NO2S2. The number of nitrogens with one attached hydrogen (secondary N) is 1. The Balaban J connectivity index is 1.71. The van der Waals surface area contributed by atoms with Crippen molar-refractivity contribution in [2.24, 2.45) is 0 Å². The Kier molecular flexibility index (Phi) is 4.88. The molecule has 0 aromatic carbocycles. The van der Waals surface area contributed by atoms with Crippen LogP contribution in [0.4, 0.5) is 0 Å². The molecule has 1 aromatic rings. The molecule has 1 aliphatic heterocycles. The molecule has 1 saturated heterocycles. The fourth-order valence-corrected chi connectivity index (χ4v) is 4.01. The third-order valence-electron chi connectivity index (χ3n) is 2.85. The topological polar surface area (TPSA) is 49.3 Å². The van der Waals surface area contributed by atoms with Crippen molar-refractivity contribution < 1.29 is 9.90 Å². The maximum atomic E-state index is 10.7. The lowest BCUT2D eigenvalue weighted by molar-refractivity contribution is 0.0697. The number of hydrogen-bond acceptors (Lipinski definition) is 4. The van der Waals surface area contributed by atoms with Gasteiger partial charge < -0.3 is 10.4 Å². The highest BCUT2D eigenvalue weighted by atomic mass is 32.2. The Hall–Kier alpha value is -0.520. The second kappa shape index (κ2) is 6.42. The number of carboxylic acids is 1. The van der Waals surface area contributed by atoms with Crippen LogP contribution in [0.3, 0.4) is 0 Å². The summed E-state index contributed by atoms with van der Waals surface area (Å²) < 4.78 is 0. The van der Waals surface area contributed by atoms with Crippen LogP contribution >= 0.6 is 23.1 Å². The first-order chi connectivity index (χ1) is 8.25. The summed E-state index contributed by atoms with van der Waals surface area (Å²) in [7, 11) is 0. The highest BCUT2D eigenvalue weighted by Crippen LogP contribution is 2.24. The Bertz CT molecular complexity index is 372. The average Bonchev–Trinajstić information content (AvgIpc) is 2.79. The lowest BCUT2D eigenvalue weighted by atomic mass is 10.2. The van der Waals surface area contributed by atoms with Crippen molar-refractivity contribution >= 4 is 29.1 Å². The van der Waals surface area contributed by atoms with Crippen LogP contribution < -0.4 is 5.32 Å². The molecule has 1 atom stereocenters. The third kappa shape index (κ3) is 4.01. The zero-order valence-electron chi connectivity index (χ0n) is 9.65. The van der Waals surface area contributed by atoms with Gasteiger partial charge in [-0.1, -0.05) is 6.42 Å². The Morgan fingerprint density at radius 1 is 1.53 bits per heavy atom. The van der Waals surface area contributed by atoms with E-state index in [0.717, 1.165) is 23.2 Å². The number of carbonyl (C=O) groups is 1. The number of thiophene rings is 1. The molecule has 0 amide bonds. The molecule has 1 aromatic heterocycles. The maximum absolute atomic E-state index is 10.7. The molecule has 0 bridgehead atoms. The van der Waals surface area contributed by atoms with Crippen LogP contribution in [0.5, 0.6) is 0 Å². The Morgan fingerprint density at radius 3 is 3.06 bits per heavy atom. The van der Waals surface area contributed by atoms with E-state index in [0.29, 0.717) is 5.56 Å². The predicted molar refractivity (Wildman–Crippen MR) is 73.1 cm³/mol. The van der Waals surface area contributed by atoms with Crippen molar-refractivity contribution in [1.82, 2.24) is 5.32 Å². The first-order valence-electron chi connectivity index (χ1n) is 5.89. The van der Waals surface area contributed by atoms with Gasteiger partial charge in [0.05, 0.1) is 5.56 Å². The van der Waals surface area contributed by atoms with Gasteiger partial charge in [-0.25, -0.2) is 4.79 Å². The SMILES string of the molecule is O=C(O)c1csc(CNCC2CCCCS2)c1. The molecule has 2 N–H and O–H groups in total. The summed E-state index contributed by atoms with van der Waals surface area (Å²) in [5.74, 6) is 0.449. The van der Waals surface area contributed by atoms with Crippen LogP contribution in [-0.2, 0) is 6.54 Å². The Morgan fingerprint density at radius 2 is 2.41 bits per heavy atom. The molecule has 1 fully saturated rings. The van der Waals surface area contributed by atoms with Crippen LogP contribution in [0.1, 0.15) is 34.5 Å². The standard InChI is InChI=1S/C12H17NO2S2/c14-12(15)9-5-11(17-8-9)7-13-6-10-3-1-2-4-16-10/h5,8,10,13H,1-4,6-7H2,(H,14,15). The lowest BCUT2D eigenvalue weighted by Crippen LogP contribution is -2.26. The first-order valence-corrected chi connectivity index (χ1v) is 7.81. The predicted octanol–water partition coefficient (Wildman–Crippen LogP) is 2.82. The molecule has 94 valence electrons. The minimum atomic E-state index is -0.838. The summed E-state index contributed by atoms with van der Waals surface area (Å²) in [5.41, 5.74) is 0.402. The van der Waals surface area contributed by atoms with Crippen molar-refractivity contribution in [3.05, 3.63) is 21.9 Å². The second-order valence-corrected chi connectivity index (χ2v) is 6.63. The van der Waals surface area contributed by atoms with E-state index < -0.39 is 5.97 Å². The fraction of sp³-hybridized carbons (Fsp3) is 0.583. The van der Waals surface area contributed by atoms with Gasteiger partial charge in [-0.15, -0.1) is 11.3 Å². The molecule has 0 spiro atoms. The Labute approximate surface area is 110 Å². The number of rotatable bonds is 5. The molecule has 1 aliphatic rings. The molecule has 0 radical (unpaired) electrons. The monoisotopic (exact) mass is 271 g/mol. The lowest BCUT2D eigenvalue weighted by Gasteiger charge is -2.21. The van der Waals surface area contributed by atoms with E-state index in [9.17, 15) is 4.79 Å². The molecular weight excluding hydrogens is 254 g/mol. The van der Waals surface area contributed by atoms with Crippen LogP contribution in [0.15, 0.2) is 11.4 Å². The molecule has 0 aliphatic carbocycles. The summed E-state index contributed by atoms with van der Waals surface area (Å²) in [6, 6.07) is 1.76. The molecule has 3 nitrogen and oxygen atoms in total. The molecule has 17 heavy (non-hydrogen) atoms. The van der Waals surface area contributed by atoms with Crippen molar-refractivity contribution in [2.75, 3.05) is 12.3 Å². The normalized spacial score (nSPS) is 20.4. The van der Waals surface area contributed by atoms with Gasteiger partial charge in [0.1, 0.15) is 0 Å². The van der Waals surface area contributed by atoms with Gasteiger partial charge in [0.15, 0.2) is 0 Å². The number of aromatic carboxylic acids is 1. The molecule has 2 rings (SSSR count). The van der Waals surface area contributed by atoms with Crippen molar-refractivity contribution in [2.45, 2.75) is 31.1 Å².